The van der Waals surface area contributed by atoms with E-state index in [1.165, 1.54) is 0 Å². The van der Waals surface area contributed by atoms with Gasteiger partial charge in [-0.15, -0.1) is 0 Å². The Morgan fingerprint density at radius 2 is 0.864 bits per heavy atom. The molecule has 6 nitrogen and oxygen atoms in total. The summed E-state index contributed by atoms with van der Waals surface area (Å²) in [5.74, 6) is -5.23. The fraction of sp³-hybridized carbons (Fsp3) is 1.00. The second-order valence-corrected chi connectivity index (χ2v) is 7.62. The van der Waals surface area contributed by atoms with E-state index in [2.05, 4.69) is 0 Å². The number of rotatable bonds is 5. The molecule has 134 valence electrons. The molecule has 0 fully saturated rings. The summed E-state index contributed by atoms with van der Waals surface area (Å²) in [6, 6.07) is 0. The molecule has 0 aromatic heterocycles. The average Bonchev–Trinajstić information content (AvgIpc) is 2.06. The van der Waals surface area contributed by atoms with Crippen LogP contribution in [-0.4, -0.2) is 48.8 Å². The number of alkyl halides is 6. The molecular formula is C8H10F6O6S2-2. The van der Waals surface area contributed by atoms with Crippen molar-refractivity contribution in [2.45, 2.75) is 36.7 Å². The standard InChI is InChI=1S/C8H12F6O6S2/c1-3(5(7(9,10)11)21(15,16)17)4(2)6(8(12,13)14)22(18,19)20/h3-6H,1-2H3,(H,15,16,17)(H,18,19,20)/p-2. The third-order valence-corrected chi connectivity index (χ3v) is 5.69. The molecular weight excluding hydrogens is 370 g/mol. The topological polar surface area (TPSA) is 114 Å². The second kappa shape index (κ2) is 6.13. The number of halogens is 6. The van der Waals surface area contributed by atoms with Crippen LogP contribution >= 0.6 is 0 Å². The predicted molar refractivity (Wildman–Crippen MR) is 57.4 cm³/mol. The van der Waals surface area contributed by atoms with Crippen LogP contribution in [0.4, 0.5) is 26.3 Å². The van der Waals surface area contributed by atoms with Crippen LogP contribution in [0.2, 0.25) is 0 Å². The first-order valence-corrected chi connectivity index (χ1v) is 8.28. The van der Waals surface area contributed by atoms with Crippen LogP contribution in [0.1, 0.15) is 13.8 Å². The van der Waals surface area contributed by atoms with Gasteiger partial charge in [-0.25, -0.2) is 16.8 Å². The normalized spacial score (nSPS) is 20.3. The smallest absolute Gasteiger partial charge is 0.404 e. The minimum atomic E-state index is -6.13. The number of hydrogen-bond acceptors (Lipinski definition) is 6. The van der Waals surface area contributed by atoms with E-state index in [4.69, 9.17) is 0 Å². The van der Waals surface area contributed by atoms with Gasteiger partial charge in [0.25, 0.3) is 0 Å². The molecule has 0 saturated heterocycles. The Morgan fingerprint density at radius 1 is 0.682 bits per heavy atom. The molecule has 0 aliphatic rings. The SMILES string of the molecule is CC(C(C)C(C(F)(F)F)S(=O)(=O)[O-])C(C(F)(F)F)S(=O)(=O)[O-]. The van der Waals surface area contributed by atoms with Gasteiger partial charge in [0.2, 0.25) is 0 Å². The zero-order valence-electron chi connectivity index (χ0n) is 10.8. The van der Waals surface area contributed by atoms with Crippen LogP contribution in [0.3, 0.4) is 0 Å². The predicted octanol–water partition coefficient (Wildman–Crippen LogP) is 1.21. The summed E-state index contributed by atoms with van der Waals surface area (Å²) in [5, 5.41) is -7.55. The Kier molecular flexibility index (Phi) is 5.96. The fourth-order valence-corrected chi connectivity index (χ4v) is 4.20. The molecule has 0 amide bonds. The molecule has 0 saturated carbocycles. The lowest BCUT2D eigenvalue weighted by Crippen LogP contribution is -2.50. The number of hydrogen-bond donors (Lipinski definition) is 0. The molecule has 0 aliphatic heterocycles. The van der Waals surface area contributed by atoms with Crippen molar-refractivity contribution in [3.05, 3.63) is 0 Å². The van der Waals surface area contributed by atoms with Crippen molar-refractivity contribution in [1.29, 1.82) is 0 Å². The van der Waals surface area contributed by atoms with E-state index < -0.39 is 54.9 Å². The molecule has 14 heteroatoms. The molecule has 0 aromatic rings. The maximum Gasteiger partial charge on any atom is 0.404 e. The van der Waals surface area contributed by atoms with E-state index in [0.29, 0.717) is 13.8 Å². The largest absolute Gasteiger partial charge is 0.747 e. The Bertz CT molecular complexity index is 538. The van der Waals surface area contributed by atoms with Crippen LogP contribution in [0, 0.1) is 11.8 Å². The molecule has 0 aliphatic carbocycles. The third kappa shape index (κ3) is 5.24. The Balaban J connectivity index is 6.00. The van der Waals surface area contributed by atoms with Crippen molar-refractivity contribution in [2.75, 3.05) is 0 Å². The Labute approximate surface area is 122 Å². The van der Waals surface area contributed by atoms with Crippen molar-refractivity contribution in [3.8, 4) is 0 Å². The third-order valence-electron chi connectivity index (χ3n) is 3.05. The summed E-state index contributed by atoms with van der Waals surface area (Å²) in [5.41, 5.74) is 0. The van der Waals surface area contributed by atoms with Crippen molar-refractivity contribution in [1.82, 2.24) is 0 Å². The van der Waals surface area contributed by atoms with Gasteiger partial charge in [0.05, 0.1) is 0 Å². The first-order valence-electron chi connectivity index (χ1n) is 5.34. The Morgan fingerprint density at radius 3 is 0.955 bits per heavy atom. The van der Waals surface area contributed by atoms with Crippen LogP contribution in [-0.2, 0) is 20.2 Å². The van der Waals surface area contributed by atoms with E-state index in [1.54, 1.807) is 0 Å². The molecule has 0 radical (unpaired) electrons. The van der Waals surface area contributed by atoms with Crippen molar-refractivity contribution < 1.29 is 52.3 Å². The lowest BCUT2D eigenvalue weighted by Gasteiger charge is -2.37. The van der Waals surface area contributed by atoms with Gasteiger partial charge in [-0.1, -0.05) is 13.8 Å². The highest BCUT2D eigenvalue weighted by molar-refractivity contribution is 7.86. The second-order valence-electron chi connectivity index (χ2n) is 4.63. The van der Waals surface area contributed by atoms with Crippen LogP contribution in [0.25, 0.3) is 0 Å². The summed E-state index contributed by atoms with van der Waals surface area (Å²) in [4.78, 5) is 0. The highest BCUT2D eigenvalue weighted by atomic mass is 32.2. The molecule has 0 spiro atoms. The van der Waals surface area contributed by atoms with E-state index >= 15 is 0 Å². The average molecular weight is 380 g/mol. The molecule has 0 aromatic carbocycles. The molecule has 0 N–H and O–H groups in total. The van der Waals surface area contributed by atoms with Crippen LogP contribution < -0.4 is 0 Å². The molecule has 0 heterocycles. The molecule has 4 atom stereocenters. The molecule has 22 heavy (non-hydrogen) atoms. The summed E-state index contributed by atoms with van der Waals surface area (Å²) >= 11 is 0. The molecule has 0 bridgehead atoms. The Hall–Kier alpha value is -0.600. The van der Waals surface area contributed by atoms with Crippen molar-refractivity contribution in [2.24, 2.45) is 11.8 Å². The van der Waals surface area contributed by atoms with Gasteiger partial charge in [-0.3, -0.25) is 0 Å². The van der Waals surface area contributed by atoms with Crippen LogP contribution in [0.5, 0.6) is 0 Å². The zero-order chi connectivity index (χ0) is 18.3. The van der Waals surface area contributed by atoms with Gasteiger partial charge in [0, 0.05) is 0 Å². The monoisotopic (exact) mass is 380 g/mol. The van der Waals surface area contributed by atoms with Crippen LogP contribution in [0.15, 0.2) is 0 Å². The van der Waals surface area contributed by atoms with Gasteiger partial charge >= 0.3 is 12.4 Å². The lowest BCUT2D eigenvalue weighted by molar-refractivity contribution is -0.161. The maximum atomic E-state index is 12.6. The summed E-state index contributed by atoms with van der Waals surface area (Å²) in [6.07, 6.45) is -11.5. The van der Waals surface area contributed by atoms with Gasteiger partial charge in [-0.05, 0) is 11.8 Å². The van der Waals surface area contributed by atoms with E-state index in [1.807, 2.05) is 0 Å². The molecule has 4 unspecified atom stereocenters. The fourth-order valence-electron chi connectivity index (χ4n) is 2.00. The van der Waals surface area contributed by atoms with Crippen molar-refractivity contribution >= 4 is 20.2 Å². The summed E-state index contributed by atoms with van der Waals surface area (Å²) in [7, 11) is -12.3. The van der Waals surface area contributed by atoms with Gasteiger partial charge in [0.1, 0.15) is 30.7 Å². The first kappa shape index (κ1) is 21.4. The first-order chi connectivity index (χ1) is 9.31. The van der Waals surface area contributed by atoms with E-state index in [9.17, 15) is 52.3 Å². The minimum absolute atomic E-state index is 0.308. The maximum absolute atomic E-state index is 12.6. The lowest BCUT2D eigenvalue weighted by atomic mass is 9.89. The van der Waals surface area contributed by atoms with Gasteiger partial charge in [0.15, 0.2) is 0 Å². The highest BCUT2D eigenvalue weighted by Gasteiger charge is 2.55. The molecule has 0 rings (SSSR count). The quantitative estimate of drug-likeness (QED) is 0.523. The van der Waals surface area contributed by atoms with E-state index in [0.717, 1.165) is 0 Å². The van der Waals surface area contributed by atoms with Gasteiger partial charge in [-0.2, -0.15) is 26.3 Å². The zero-order valence-corrected chi connectivity index (χ0v) is 12.5. The van der Waals surface area contributed by atoms with E-state index in [-0.39, 0.29) is 0 Å². The highest BCUT2D eigenvalue weighted by Crippen LogP contribution is 2.40. The summed E-state index contributed by atoms with van der Waals surface area (Å²) in [6.45, 7) is 0.615. The minimum Gasteiger partial charge on any atom is -0.747 e. The summed E-state index contributed by atoms with van der Waals surface area (Å²) < 4.78 is 140. The van der Waals surface area contributed by atoms with Gasteiger partial charge < -0.3 is 9.11 Å². The van der Waals surface area contributed by atoms with Crippen molar-refractivity contribution in [3.63, 3.8) is 0 Å².